The molecule has 11 heteroatoms. The molecule has 5 rings (SSSR count). The van der Waals surface area contributed by atoms with Gasteiger partial charge in [-0.2, -0.15) is 5.10 Å². The zero-order chi connectivity index (χ0) is 22.1. The number of carboxylic acid groups (broad SMARTS) is 1. The Morgan fingerprint density at radius 1 is 1.19 bits per heavy atom. The van der Waals surface area contributed by atoms with Crippen molar-refractivity contribution in [2.75, 3.05) is 44.3 Å². The molecule has 1 amide bonds. The number of amides is 1. The van der Waals surface area contributed by atoms with Crippen LogP contribution >= 0.6 is 0 Å². The van der Waals surface area contributed by atoms with Gasteiger partial charge in [-0.25, -0.2) is 23.7 Å². The van der Waals surface area contributed by atoms with Gasteiger partial charge in [0.2, 0.25) is 5.88 Å². The van der Waals surface area contributed by atoms with Crippen molar-refractivity contribution >= 4 is 17.6 Å². The highest BCUT2D eigenvalue weighted by Gasteiger charge is 2.25. The molecule has 5 heterocycles. The van der Waals surface area contributed by atoms with E-state index < -0.39 is 11.9 Å². The van der Waals surface area contributed by atoms with E-state index in [9.17, 15) is 9.18 Å². The molecule has 2 fully saturated rings. The number of pyridine rings is 1. The molecule has 0 radical (unpaired) electrons. The lowest BCUT2D eigenvalue weighted by Crippen LogP contribution is -2.48. The van der Waals surface area contributed by atoms with Gasteiger partial charge in [0.15, 0.2) is 17.3 Å². The molecule has 168 valence electrons. The maximum Gasteiger partial charge on any atom is 0.407 e. The standard InChI is InChI=1S/C21H23FN6O4/c22-17-13-28-18(25-19(17)26-6-8-27(9-7-26)21(29)30)16(12-24-28)15-2-1-5-23-20(15)32-14-3-10-31-11-4-14/h1-2,5,12-14H,3-4,6-11H2,(H,29,30). The first kappa shape index (κ1) is 20.4. The van der Waals surface area contributed by atoms with Crippen LogP contribution in [0.1, 0.15) is 12.8 Å². The summed E-state index contributed by atoms with van der Waals surface area (Å²) in [4.78, 5) is 23.2. The zero-order valence-corrected chi connectivity index (χ0v) is 17.4. The Kier molecular flexibility index (Phi) is 5.48. The van der Waals surface area contributed by atoms with Gasteiger partial charge in [0, 0.05) is 50.8 Å². The van der Waals surface area contributed by atoms with E-state index in [1.54, 1.807) is 17.3 Å². The van der Waals surface area contributed by atoms with Crippen LogP contribution in [-0.4, -0.2) is 81.2 Å². The van der Waals surface area contributed by atoms with E-state index in [2.05, 4.69) is 15.1 Å². The number of halogens is 1. The van der Waals surface area contributed by atoms with Gasteiger partial charge in [0.05, 0.1) is 31.2 Å². The van der Waals surface area contributed by atoms with E-state index >= 15 is 0 Å². The molecular formula is C21H23FN6O4. The third-order valence-corrected chi connectivity index (χ3v) is 5.79. The van der Waals surface area contributed by atoms with Gasteiger partial charge in [-0.3, -0.25) is 0 Å². The van der Waals surface area contributed by atoms with E-state index in [1.165, 1.54) is 15.6 Å². The van der Waals surface area contributed by atoms with E-state index in [4.69, 9.17) is 14.6 Å². The van der Waals surface area contributed by atoms with Crippen molar-refractivity contribution in [3.05, 3.63) is 36.5 Å². The molecule has 0 unspecified atom stereocenters. The highest BCUT2D eigenvalue weighted by molar-refractivity contribution is 5.80. The minimum atomic E-state index is -0.972. The molecule has 0 bridgehead atoms. The van der Waals surface area contributed by atoms with Gasteiger partial charge in [0.25, 0.3) is 0 Å². The normalized spacial score (nSPS) is 17.7. The van der Waals surface area contributed by atoms with Crippen LogP contribution in [0, 0.1) is 5.82 Å². The number of fused-ring (bicyclic) bond motifs is 1. The predicted octanol–water partition coefficient (Wildman–Crippen LogP) is 2.29. The molecule has 32 heavy (non-hydrogen) atoms. The summed E-state index contributed by atoms with van der Waals surface area (Å²) in [5.41, 5.74) is 1.90. The monoisotopic (exact) mass is 442 g/mol. The van der Waals surface area contributed by atoms with Crippen LogP contribution < -0.4 is 9.64 Å². The summed E-state index contributed by atoms with van der Waals surface area (Å²) in [5.74, 6) is 0.151. The minimum Gasteiger partial charge on any atom is -0.474 e. The summed E-state index contributed by atoms with van der Waals surface area (Å²) in [6.07, 6.45) is 5.22. The molecule has 2 saturated heterocycles. The first-order valence-corrected chi connectivity index (χ1v) is 10.6. The first-order valence-electron chi connectivity index (χ1n) is 10.6. The van der Waals surface area contributed by atoms with Gasteiger partial charge in [0.1, 0.15) is 6.10 Å². The van der Waals surface area contributed by atoms with Crippen molar-refractivity contribution in [1.82, 2.24) is 24.5 Å². The number of piperazine rings is 1. The van der Waals surface area contributed by atoms with E-state index in [0.29, 0.717) is 56.5 Å². The SMILES string of the molecule is O=C(O)N1CCN(c2nc3c(-c4cccnc4OC4CCOCC4)cnn3cc2F)CC1. The summed E-state index contributed by atoms with van der Waals surface area (Å²) >= 11 is 0. The predicted molar refractivity (Wildman–Crippen MR) is 112 cm³/mol. The fraction of sp³-hybridized carbons (Fsp3) is 0.429. The minimum absolute atomic E-state index is 0.0192. The molecule has 3 aromatic rings. The largest absolute Gasteiger partial charge is 0.474 e. The lowest BCUT2D eigenvalue weighted by atomic mass is 10.1. The van der Waals surface area contributed by atoms with Crippen LogP contribution in [0.5, 0.6) is 5.88 Å². The Bertz CT molecular complexity index is 1120. The lowest BCUT2D eigenvalue weighted by molar-refractivity contribution is 0.0240. The Labute approximate surface area is 183 Å². The molecule has 2 aliphatic heterocycles. The maximum atomic E-state index is 14.8. The van der Waals surface area contributed by atoms with E-state index in [1.807, 2.05) is 12.1 Å². The van der Waals surface area contributed by atoms with Gasteiger partial charge in [-0.15, -0.1) is 0 Å². The Balaban J connectivity index is 1.47. The van der Waals surface area contributed by atoms with Crippen LogP contribution in [-0.2, 0) is 4.74 Å². The number of anilines is 1. The third kappa shape index (κ3) is 3.91. The molecule has 10 nitrogen and oxygen atoms in total. The summed E-state index contributed by atoms with van der Waals surface area (Å²) in [7, 11) is 0. The number of hydrogen-bond acceptors (Lipinski definition) is 7. The summed E-state index contributed by atoms with van der Waals surface area (Å²) in [6, 6.07) is 3.69. The van der Waals surface area contributed by atoms with Crippen LogP contribution in [0.4, 0.5) is 15.0 Å². The van der Waals surface area contributed by atoms with Gasteiger partial charge in [-0.1, -0.05) is 0 Å². The summed E-state index contributed by atoms with van der Waals surface area (Å²) < 4.78 is 27.8. The number of ether oxygens (including phenoxy) is 2. The topological polar surface area (TPSA) is 105 Å². The van der Waals surface area contributed by atoms with Crippen LogP contribution in [0.3, 0.4) is 0 Å². The van der Waals surface area contributed by atoms with Gasteiger partial charge in [-0.05, 0) is 12.1 Å². The second kappa shape index (κ2) is 8.58. The third-order valence-electron chi connectivity index (χ3n) is 5.79. The van der Waals surface area contributed by atoms with Crippen molar-refractivity contribution in [3.63, 3.8) is 0 Å². The number of aromatic nitrogens is 4. The Morgan fingerprint density at radius 2 is 1.97 bits per heavy atom. The quantitative estimate of drug-likeness (QED) is 0.656. The summed E-state index contributed by atoms with van der Waals surface area (Å²) in [5, 5.41) is 13.4. The molecule has 1 N–H and O–H groups in total. The fourth-order valence-corrected chi connectivity index (χ4v) is 4.04. The Hall–Kier alpha value is -3.47. The molecule has 0 spiro atoms. The molecular weight excluding hydrogens is 419 g/mol. The molecule has 0 atom stereocenters. The fourth-order valence-electron chi connectivity index (χ4n) is 4.04. The first-order chi connectivity index (χ1) is 15.6. The van der Waals surface area contributed by atoms with Gasteiger partial charge >= 0.3 is 6.09 Å². The maximum absolute atomic E-state index is 14.8. The highest BCUT2D eigenvalue weighted by Crippen LogP contribution is 2.33. The number of hydrogen-bond donors (Lipinski definition) is 1. The summed E-state index contributed by atoms with van der Waals surface area (Å²) in [6.45, 7) is 2.62. The second-order valence-corrected chi connectivity index (χ2v) is 7.78. The van der Waals surface area contributed by atoms with Crippen molar-refractivity contribution < 1.29 is 23.8 Å². The van der Waals surface area contributed by atoms with Crippen molar-refractivity contribution in [2.45, 2.75) is 18.9 Å². The second-order valence-electron chi connectivity index (χ2n) is 7.78. The average Bonchev–Trinajstić information content (AvgIpc) is 3.22. The Morgan fingerprint density at radius 3 is 2.72 bits per heavy atom. The molecule has 3 aromatic heterocycles. The van der Waals surface area contributed by atoms with Crippen LogP contribution in [0.25, 0.3) is 16.8 Å². The van der Waals surface area contributed by atoms with Crippen LogP contribution in [0.2, 0.25) is 0 Å². The molecule has 0 aliphatic carbocycles. The number of rotatable bonds is 4. The smallest absolute Gasteiger partial charge is 0.407 e. The number of carbonyl (C=O) groups is 1. The van der Waals surface area contributed by atoms with E-state index in [0.717, 1.165) is 18.4 Å². The zero-order valence-electron chi connectivity index (χ0n) is 17.4. The average molecular weight is 442 g/mol. The van der Waals surface area contributed by atoms with E-state index in [-0.39, 0.29) is 11.9 Å². The van der Waals surface area contributed by atoms with Gasteiger partial charge < -0.3 is 24.4 Å². The van der Waals surface area contributed by atoms with Crippen LogP contribution in [0.15, 0.2) is 30.7 Å². The van der Waals surface area contributed by atoms with Crippen molar-refractivity contribution in [2.24, 2.45) is 0 Å². The van der Waals surface area contributed by atoms with Crippen molar-refractivity contribution in [3.8, 4) is 17.0 Å². The highest BCUT2D eigenvalue weighted by atomic mass is 19.1. The molecule has 0 saturated carbocycles. The lowest BCUT2D eigenvalue weighted by Gasteiger charge is -2.33. The van der Waals surface area contributed by atoms with Crippen molar-refractivity contribution in [1.29, 1.82) is 0 Å². The molecule has 0 aromatic carbocycles. The number of nitrogens with zero attached hydrogens (tertiary/aromatic N) is 6. The molecule has 2 aliphatic rings.